The van der Waals surface area contributed by atoms with Crippen LogP contribution in [0.4, 0.5) is 15.8 Å². The Hall–Kier alpha value is -1.29. The molecule has 0 bridgehead atoms. The van der Waals surface area contributed by atoms with Crippen LogP contribution < -0.4 is 10.6 Å². The molecular weight excluding hydrogens is 229 g/mol. The second-order valence-corrected chi connectivity index (χ2v) is 5.50. The largest absolute Gasteiger partial charge is 0.395 e. The van der Waals surface area contributed by atoms with Crippen molar-refractivity contribution in [2.45, 2.75) is 24.8 Å². The van der Waals surface area contributed by atoms with Crippen LogP contribution in [0.15, 0.2) is 18.2 Å². The van der Waals surface area contributed by atoms with Gasteiger partial charge in [0.15, 0.2) is 0 Å². The summed E-state index contributed by atoms with van der Waals surface area (Å²) in [5.41, 5.74) is 7.05. The fraction of sp³-hybridized carbons (Fsp3) is 0.571. The third kappa shape index (κ3) is 2.17. The van der Waals surface area contributed by atoms with E-state index in [4.69, 9.17) is 5.73 Å². The van der Waals surface area contributed by atoms with Crippen LogP contribution in [-0.4, -0.2) is 38.1 Å². The Bertz CT molecular complexity index is 427. The topological polar surface area (TPSA) is 32.5 Å². The predicted molar refractivity (Wildman–Crippen MR) is 74.4 cm³/mol. The van der Waals surface area contributed by atoms with Crippen molar-refractivity contribution in [1.82, 2.24) is 4.90 Å². The first-order valence-electron chi connectivity index (χ1n) is 6.39. The summed E-state index contributed by atoms with van der Waals surface area (Å²) < 4.78 is 13.5. The summed E-state index contributed by atoms with van der Waals surface area (Å²) in [6, 6.07) is 4.98. The van der Waals surface area contributed by atoms with Crippen molar-refractivity contribution < 1.29 is 4.39 Å². The highest BCUT2D eigenvalue weighted by atomic mass is 19.1. The number of rotatable bonds is 4. The Kier molecular flexibility index (Phi) is 3.48. The molecule has 1 aliphatic carbocycles. The molecule has 2 rings (SSSR count). The minimum atomic E-state index is -0.341. The highest BCUT2D eigenvalue weighted by Gasteiger charge is 2.40. The minimum absolute atomic E-state index is 0.216. The normalized spacial score (nSPS) is 17.6. The zero-order valence-corrected chi connectivity index (χ0v) is 11.4. The Balaban J connectivity index is 2.17. The molecule has 0 radical (unpaired) electrons. The smallest absolute Gasteiger partial charge is 0.148 e. The van der Waals surface area contributed by atoms with Crippen LogP contribution in [0.3, 0.4) is 0 Å². The molecule has 1 saturated carbocycles. The van der Waals surface area contributed by atoms with Gasteiger partial charge in [-0.15, -0.1) is 0 Å². The second kappa shape index (κ2) is 4.76. The van der Waals surface area contributed by atoms with Gasteiger partial charge in [-0.05, 0) is 45.5 Å². The Morgan fingerprint density at radius 2 is 1.94 bits per heavy atom. The third-order valence-corrected chi connectivity index (χ3v) is 4.21. The van der Waals surface area contributed by atoms with Gasteiger partial charge < -0.3 is 15.5 Å². The lowest BCUT2D eigenvalue weighted by atomic mass is 9.75. The molecule has 18 heavy (non-hydrogen) atoms. The van der Waals surface area contributed by atoms with Gasteiger partial charge >= 0.3 is 0 Å². The molecule has 0 atom stereocenters. The van der Waals surface area contributed by atoms with Crippen LogP contribution in [0.25, 0.3) is 0 Å². The molecule has 4 heteroatoms. The van der Waals surface area contributed by atoms with E-state index in [2.05, 4.69) is 23.9 Å². The lowest BCUT2D eigenvalue weighted by Crippen LogP contribution is -2.56. The lowest BCUT2D eigenvalue weighted by molar-refractivity contribution is 0.0683. The fourth-order valence-electron chi connectivity index (χ4n) is 2.72. The van der Waals surface area contributed by atoms with Crippen molar-refractivity contribution >= 4 is 11.4 Å². The summed E-state index contributed by atoms with van der Waals surface area (Å²) in [5.74, 6) is -0.341. The maximum Gasteiger partial charge on any atom is 0.148 e. The fourth-order valence-corrected chi connectivity index (χ4v) is 2.72. The third-order valence-electron chi connectivity index (χ3n) is 4.21. The molecule has 0 aliphatic heterocycles. The zero-order chi connectivity index (χ0) is 13.3. The summed E-state index contributed by atoms with van der Waals surface area (Å²) >= 11 is 0. The Morgan fingerprint density at radius 3 is 2.44 bits per heavy atom. The number of likely N-dealkylation sites (N-methyl/N-ethyl adjacent to an activating group) is 2. The van der Waals surface area contributed by atoms with Gasteiger partial charge in [0.25, 0.3) is 0 Å². The van der Waals surface area contributed by atoms with E-state index in [9.17, 15) is 4.39 Å². The molecule has 0 spiro atoms. The van der Waals surface area contributed by atoms with Gasteiger partial charge in [-0.2, -0.15) is 0 Å². The van der Waals surface area contributed by atoms with Crippen LogP contribution in [-0.2, 0) is 0 Å². The van der Waals surface area contributed by atoms with Crippen molar-refractivity contribution in [1.29, 1.82) is 0 Å². The van der Waals surface area contributed by atoms with Crippen molar-refractivity contribution in [3.8, 4) is 0 Å². The molecular formula is C14H22FN3. The summed E-state index contributed by atoms with van der Waals surface area (Å²) in [5, 5.41) is 0. The number of hydrogen-bond acceptors (Lipinski definition) is 3. The number of hydrogen-bond donors (Lipinski definition) is 1. The van der Waals surface area contributed by atoms with Crippen LogP contribution in [0.5, 0.6) is 0 Å². The predicted octanol–water partition coefficient (Wildman–Crippen LogP) is 2.33. The van der Waals surface area contributed by atoms with E-state index in [1.54, 1.807) is 6.07 Å². The Labute approximate surface area is 108 Å². The molecule has 1 aromatic rings. The van der Waals surface area contributed by atoms with Crippen LogP contribution in [0.2, 0.25) is 0 Å². The molecule has 2 N–H and O–H groups in total. The highest BCUT2D eigenvalue weighted by Crippen LogP contribution is 2.38. The van der Waals surface area contributed by atoms with E-state index in [0.717, 1.165) is 12.2 Å². The van der Waals surface area contributed by atoms with Crippen molar-refractivity contribution in [2.75, 3.05) is 38.3 Å². The van der Waals surface area contributed by atoms with Crippen LogP contribution >= 0.6 is 0 Å². The zero-order valence-electron chi connectivity index (χ0n) is 11.4. The molecule has 3 nitrogen and oxygen atoms in total. The number of para-hydroxylation sites is 1. The van der Waals surface area contributed by atoms with Crippen molar-refractivity contribution in [3.63, 3.8) is 0 Å². The second-order valence-electron chi connectivity index (χ2n) is 5.50. The first-order valence-corrected chi connectivity index (χ1v) is 6.39. The molecule has 0 heterocycles. The molecule has 1 aliphatic rings. The SMILES string of the molecule is CN(CC1(N(C)C)CCC1)c1cccc(F)c1N. The maximum absolute atomic E-state index is 13.5. The quantitative estimate of drug-likeness (QED) is 0.834. The molecule has 1 aromatic carbocycles. The number of halogens is 1. The van der Waals surface area contributed by atoms with Gasteiger partial charge in [-0.3, -0.25) is 0 Å². The molecule has 0 unspecified atom stereocenters. The van der Waals surface area contributed by atoms with Crippen LogP contribution in [0.1, 0.15) is 19.3 Å². The van der Waals surface area contributed by atoms with Crippen molar-refractivity contribution in [2.24, 2.45) is 0 Å². The number of nitrogens with zero attached hydrogens (tertiary/aromatic N) is 2. The van der Waals surface area contributed by atoms with Gasteiger partial charge in [0.05, 0.1) is 11.4 Å². The first-order chi connectivity index (χ1) is 8.46. The van der Waals surface area contributed by atoms with Gasteiger partial charge in [0.1, 0.15) is 5.82 Å². The van der Waals surface area contributed by atoms with Crippen LogP contribution in [0, 0.1) is 5.82 Å². The summed E-state index contributed by atoms with van der Waals surface area (Å²) in [6.45, 7) is 0.883. The molecule has 0 aromatic heterocycles. The standard InChI is InChI=1S/C14H22FN3/c1-17(2)14(8-5-9-14)10-18(3)12-7-4-6-11(15)13(12)16/h4,6-7H,5,8-10,16H2,1-3H3. The lowest BCUT2D eigenvalue weighted by Gasteiger charge is -2.49. The average Bonchev–Trinajstić information content (AvgIpc) is 2.26. The van der Waals surface area contributed by atoms with Crippen molar-refractivity contribution in [3.05, 3.63) is 24.0 Å². The summed E-state index contributed by atoms with van der Waals surface area (Å²) in [6.07, 6.45) is 3.66. The van der Waals surface area contributed by atoms with E-state index >= 15 is 0 Å². The number of nitrogens with two attached hydrogens (primary N) is 1. The van der Waals surface area contributed by atoms with E-state index < -0.39 is 0 Å². The van der Waals surface area contributed by atoms with Gasteiger partial charge in [0, 0.05) is 19.1 Å². The van der Waals surface area contributed by atoms with Gasteiger partial charge in [-0.1, -0.05) is 6.07 Å². The number of benzene rings is 1. The van der Waals surface area contributed by atoms with E-state index in [1.165, 1.54) is 25.3 Å². The van der Waals surface area contributed by atoms with Gasteiger partial charge in [-0.25, -0.2) is 4.39 Å². The minimum Gasteiger partial charge on any atom is -0.395 e. The Morgan fingerprint density at radius 1 is 1.28 bits per heavy atom. The van der Waals surface area contributed by atoms with E-state index in [-0.39, 0.29) is 17.0 Å². The molecule has 1 fully saturated rings. The summed E-state index contributed by atoms with van der Waals surface area (Å²) in [7, 11) is 6.21. The molecule has 0 amide bonds. The molecule has 0 saturated heterocycles. The first kappa shape index (κ1) is 13.1. The highest BCUT2D eigenvalue weighted by molar-refractivity contribution is 5.67. The summed E-state index contributed by atoms with van der Waals surface area (Å²) in [4.78, 5) is 4.35. The maximum atomic E-state index is 13.5. The van der Waals surface area contributed by atoms with E-state index in [0.29, 0.717) is 0 Å². The average molecular weight is 251 g/mol. The molecule has 100 valence electrons. The van der Waals surface area contributed by atoms with E-state index in [1.807, 2.05) is 13.1 Å². The number of anilines is 2. The monoisotopic (exact) mass is 251 g/mol. The van der Waals surface area contributed by atoms with Gasteiger partial charge in [0.2, 0.25) is 0 Å². The number of nitrogen functional groups attached to an aromatic ring is 1.